The summed E-state index contributed by atoms with van der Waals surface area (Å²) >= 11 is 0. The molecule has 0 aromatic heterocycles. The fourth-order valence-corrected chi connectivity index (χ4v) is 3.15. The predicted molar refractivity (Wildman–Crippen MR) is 70.9 cm³/mol. The highest BCUT2D eigenvalue weighted by Gasteiger charge is 2.51. The molecule has 1 aliphatic heterocycles. The Balaban J connectivity index is 1.51. The van der Waals surface area contributed by atoms with Crippen LogP contribution < -0.4 is 0 Å². The molecule has 1 saturated carbocycles. The van der Waals surface area contributed by atoms with Crippen LogP contribution in [0.1, 0.15) is 12.0 Å². The maximum Gasteiger partial charge on any atom is 0.410 e. The molecule has 1 amide bonds. The minimum absolute atomic E-state index is 0.108. The summed E-state index contributed by atoms with van der Waals surface area (Å²) in [6, 6.07) is 9.52. The third-order valence-corrected chi connectivity index (χ3v) is 4.35. The Hall–Kier alpha value is -2.04. The molecule has 3 atom stereocenters. The van der Waals surface area contributed by atoms with Crippen molar-refractivity contribution in [2.45, 2.75) is 13.0 Å². The van der Waals surface area contributed by atoms with E-state index >= 15 is 0 Å². The standard InChI is InChI=1S/C15H17NO4/c17-14(18)12-6-11-7-16(8-13(11)12)15(19)20-9-10-4-2-1-3-5-10/h1-5,11-13H,6-9H2,(H,17,18). The Morgan fingerprint density at radius 2 is 2.00 bits per heavy atom. The average molecular weight is 275 g/mol. The van der Waals surface area contributed by atoms with Crippen LogP contribution in [0, 0.1) is 17.8 Å². The van der Waals surface area contributed by atoms with Gasteiger partial charge in [0, 0.05) is 13.1 Å². The Bertz CT molecular complexity index is 516. The first kappa shape index (κ1) is 13.0. The van der Waals surface area contributed by atoms with Crippen LogP contribution >= 0.6 is 0 Å². The van der Waals surface area contributed by atoms with Gasteiger partial charge in [-0.3, -0.25) is 4.79 Å². The number of ether oxygens (including phenoxy) is 1. The van der Waals surface area contributed by atoms with Crippen molar-refractivity contribution in [3.05, 3.63) is 35.9 Å². The van der Waals surface area contributed by atoms with E-state index in [-0.39, 0.29) is 24.5 Å². The number of nitrogens with zero attached hydrogens (tertiary/aromatic N) is 1. The van der Waals surface area contributed by atoms with Gasteiger partial charge in [0.25, 0.3) is 0 Å². The summed E-state index contributed by atoms with van der Waals surface area (Å²) < 4.78 is 5.27. The maximum absolute atomic E-state index is 12.0. The van der Waals surface area contributed by atoms with Gasteiger partial charge in [-0.15, -0.1) is 0 Å². The Kier molecular flexibility index (Phi) is 3.34. The van der Waals surface area contributed by atoms with E-state index in [2.05, 4.69) is 0 Å². The molecule has 1 aromatic carbocycles. The highest BCUT2D eigenvalue weighted by Crippen LogP contribution is 2.45. The maximum atomic E-state index is 12.0. The molecule has 3 rings (SSSR count). The number of aliphatic carboxylic acids is 1. The largest absolute Gasteiger partial charge is 0.481 e. The smallest absolute Gasteiger partial charge is 0.410 e. The van der Waals surface area contributed by atoms with Gasteiger partial charge in [-0.05, 0) is 23.8 Å². The van der Waals surface area contributed by atoms with E-state index in [4.69, 9.17) is 9.84 Å². The van der Waals surface area contributed by atoms with Crippen LogP contribution in [0.4, 0.5) is 4.79 Å². The number of likely N-dealkylation sites (tertiary alicyclic amines) is 1. The highest BCUT2D eigenvalue weighted by molar-refractivity contribution is 5.73. The molecule has 0 radical (unpaired) electrons. The van der Waals surface area contributed by atoms with Crippen LogP contribution in [-0.4, -0.2) is 35.2 Å². The second kappa shape index (κ2) is 5.15. The number of benzene rings is 1. The van der Waals surface area contributed by atoms with E-state index in [1.165, 1.54) is 0 Å². The second-order valence-electron chi connectivity index (χ2n) is 5.55. The molecule has 5 heteroatoms. The SMILES string of the molecule is O=C(O)C1CC2CN(C(=O)OCc3ccccc3)CC21. The first-order valence-electron chi connectivity index (χ1n) is 6.83. The first-order valence-corrected chi connectivity index (χ1v) is 6.83. The van der Waals surface area contributed by atoms with Crippen molar-refractivity contribution < 1.29 is 19.4 Å². The number of carbonyl (C=O) groups is 2. The van der Waals surface area contributed by atoms with Crippen molar-refractivity contribution in [3.8, 4) is 0 Å². The molecule has 20 heavy (non-hydrogen) atoms. The van der Waals surface area contributed by atoms with E-state index in [1.54, 1.807) is 4.90 Å². The molecule has 1 aromatic rings. The summed E-state index contributed by atoms with van der Waals surface area (Å²) in [6.45, 7) is 1.39. The Morgan fingerprint density at radius 1 is 1.25 bits per heavy atom. The molecule has 0 bridgehead atoms. The fraction of sp³-hybridized carbons (Fsp3) is 0.467. The van der Waals surface area contributed by atoms with E-state index in [0.717, 1.165) is 5.56 Å². The quantitative estimate of drug-likeness (QED) is 0.916. The normalized spacial score (nSPS) is 27.6. The molecule has 2 fully saturated rings. The van der Waals surface area contributed by atoms with Crippen molar-refractivity contribution in [2.24, 2.45) is 17.8 Å². The third kappa shape index (κ3) is 2.35. The number of hydrogen-bond acceptors (Lipinski definition) is 3. The number of carbonyl (C=O) groups excluding carboxylic acids is 1. The van der Waals surface area contributed by atoms with Crippen molar-refractivity contribution >= 4 is 12.1 Å². The summed E-state index contributed by atoms with van der Waals surface area (Å²) in [5.74, 6) is -0.588. The zero-order valence-corrected chi connectivity index (χ0v) is 11.1. The van der Waals surface area contributed by atoms with Crippen LogP contribution in [0.5, 0.6) is 0 Å². The van der Waals surface area contributed by atoms with Gasteiger partial charge < -0.3 is 14.7 Å². The van der Waals surface area contributed by atoms with E-state index in [1.807, 2.05) is 30.3 Å². The fourth-order valence-electron chi connectivity index (χ4n) is 3.15. The lowest BCUT2D eigenvalue weighted by atomic mass is 9.67. The molecular weight excluding hydrogens is 258 g/mol. The van der Waals surface area contributed by atoms with Gasteiger partial charge in [0.15, 0.2) is 0 Å². The third-order valence-electron chi connectivity index (χ3n) is 4.35. The zero-order chi connectivity index (χ0) is 14.1. The molecule has 1 N–H and O–H groups in total. The van der Waals surface area contributed by atoms with Crippen LogP contribution in [0.2, 0.25) is 0 Å². The lowest BCUT2D eigenvalue weighted by Gasteiger charge is -2.35. The van der Waals surface area contributed by atoms with Crippen LogP contribution in [0.15, 0.2) is 30.3 Å². The van der Waals surface area contributed by atoms with Gasteiger partial charge in [0.05, 0.1) is 5.92 Å². The van der Waals surface area contributed by atoms with E-state index in [0.29, 0.717) is 25.4 Å². The van der Waals surface area contributed by atoms with Gasteiger partial charge >= 0.3 is 12.1 Å². The first-order chi connectivity index (χ1) is 9.65. The van der Waals surface area contributed by atoms with Gasteiger partial charge in [-0.2, -0.15) is 0 Å². The van der Waals surface area contributed by atoms with Crippen molar-refractivity contribution in [2.75, 3.05) is 13.1 Å². The van der Waals surface area contributed by atoms with Crippen LogP contribution in [-0.2, 0) is 16.1 Å². The number of amides is 1. The topological polar surface area (TPSA) is 66.8 Å². The molecule has 1 saturated heterocycles. The number of hydrogen-bond donors (Lipinski definition) is 1. The van der Waals surface area contributed by atoms with Crippen LogP contribution in [0.25, 0.3) is 0 Å². The van der Waals surface area contributed by atoms with Crippen molar-refractivity contribution in [1.29, 1.82) is 0 Å². The summed E-state index contributed by atoms with van der Waals surface area (Å²) in [5, 5.41) is 9.02. The summed E-state index contributed by atoms with van der Waals surface area (Å²) in [5.41, 5.74) is 0.950. The van der Waals surface area contributed by atoms with Crippen LogP contribution in [0.3, 0.4) is 0 Å². The molecule has 3 unspecified atom stereocenters. The summed E-state index contributed by atoms with van der Waals surface area (Å²) in [4.78, 5) is 24.6. The number of carboxylic acids is 1. The number of fused-ring (bicyclic) bond motifs is 1. The molecule has 5 nitrogen and oxygen atoms in total. The van der Waals surface area contributed by atoms with Gasteiger partial charge in [0.2, 0.25) is 0 Å². The predicted octanol–water partition coefficient (Wildman–Crippen LogP) is 1.98. The minimum atomic E-state index is -0.745. The van der Waals surface area contributed by atoms with Gasteiger partial charge in [-0.25, -0.2) is 4.79 Å². The van der Waals surface area contributed by atoms with E-state index < -0.39 is 5.97 Å². The number of rotatable bonds is 3. The highest BCUT2D eigenvalue weighted by atomic mass is 16.6. The average Bonchev–Trinajstić information content (AvgIpc) is 2.74. The minimum Gasteiger partial charge on any atom is -0.481 e. The van der Waals surface area contributed by atoms with Crippen molar-refractivity contribution in [1.82, 2.24) is 4.90 Å². The summed E-state index contributed by atoms with van der Waals surface area (Å²) in [6.07, 6.45) is 0.343. The number of carboxylic acid groups (broad SMARTS) is 1. The van der Waals surface area contributed by atoms with Crippen molar-refractivity contribution in [3.63, 3.8) is 0 Å². The monoisotopic (exact) mass is 275 g/mol. The lowest BCUT2D eigenvalue weighted by Crippen LogP contribution is -2.40. The zero-order valence-electron chi connectivity index (χ0n) is 11.1. The Labute approximate surface area is 117 Å². The van der Waals surface area contributed by atoms with Gasteiger partial charge in [-0.1, -0.05) is 30.3 Å². The molecule has 1 aliphatic carbocycles. The molecule has 106 valence electrons. The van der Waals surface area contributed by atoms with E-state index in [9.17, 15) is 9.59 Å². The molecule has 0 spiro atoms. The molecule has 1 heterocycles. The van der Waals surface area contributed by atoms with Gasteiger partial charge in [0.1, 0.15) is 6.61 Å². The second-order valence-corrected chi connectivity index (χ2v) is 5.55. The summed E-state index contributed by atoms with van der Waals surface area (Å²) in [7, 11) is 0. The molecular formula is C15H17NO4. The Morgan fingerprint density at radius 3 is 2.70 bits per heavy atom. The lowest BCUT2D eigenvalue weighted by molar-refractivity contribution is -0.149. The molecule has 2 aliphatic rings.